The van der Waals surface area contributed by atoms with Gasteiger partial charge in [-0.2, -0.15) is 0 Å². The second-order valence-electron chi connectivity index (χ2n) is 5.75. The molecular weight excluding hydrogens is 250 g/mol. The summed E-state index contributed by atoms with van der Waals surface area (Å²) in [6.07, 6.45) is 4.79. The van der Waals surface area contributed by atoms with Gasteiger partial charge in [0.15, 0.2) is 5.78 Å². The molecule has 1 aliphatic rings. The van der Waals surface area contributed by atoms with Crippen LogP contribution >= 0.6 is 0 Å². The van der Waals surface area contributed by atoms with Gasteiger partial charge in [-0.3, -0.25) is 4.79 Å². The Labute approximate surface area is 121 Å². The van der Waals surface area contributed by atoms with E-state index < -0.39 is 0 Å². The lowest BCUT2D eigenvalue weighted by molar-refractivity contribution is 0.0978. The number of hydrogen-bond donors (Lipinski definition) is 0. The van der Waals surface area contributed by atoms with Crippen LogP contribution < -0.4 is 4.74 Å². The molecule has 20 heavy (non-hydrogen) atoms. The normalized spacial score (nSPS) is 17.9. The number of rotatable bonds is 5. The molecule has 0 N–H and O–H groups in total. The number of fused-ring (bicyclic) bond motifs is 1. The lowest BCUT2D eigenvalue weighted by Gasteiger charge is -2.33. The molecule has 1 aromatic carbocycles. The second-order valence-corrected chi connectivity index (χ2v) is 5.75. The number of ether oxygens (including phenoxy) is 1. The van der Waals surface area contributed by atoms with E-state index in [9.17, 15) is 4.79 Å². The van der Waals surface area contributed by atoms with Crippen LogP contribution in [0.5, 0.6) is 5.75 Å². The number of methoxy groups -OCH3 is 1. The van der Waals surface area contributed by atoms with E-state index >= 15 is 0 Å². The van der Waals surface area contributed by atoms with E-state index in [4.69, 9.17) is 4.74 Å². The summed E-state index contributed by atoms with van der Waals surface area (Å²) >= 11 is 0. The summed E-state index contributed by atoms with van der Waals surface area (Å²) in [5.74, 6) is 1.19. The molecule has 1 aromatic rings. The Balaban J connectivity index is 2.56. The fourth-order valence-corrected chi connectivity index (χ4v) is 3.21. The molecule has 110 valence electrons. The van der Waals surface area contributed by atoms with E-state index in [2.05, 4.69) is 25.9 Å². The lowest BCUT2D eigenvalue weighted by Crippen LogP contribution is -2.27. The van der Waals surface area contributed by atoms with Gasteiger partial charge in [-0.1, -0.05) is 6.92 Å². The van der Waals surface area contributed by atoms with Crippen LogP contribution in [-0.4, -0.2) is 31.9 Å². The van der Waals surface area contributed by atoms with Gasteiger partial charge in [0.2, 0.25) is 0 Å². The fraction of sp³-hybridized carbons (Fsp3) is 0.588. The van der Waals surface area contributed by atoms with Gasteiger partial charge < -0.3 is 9.64 Å². The number of carbonyl (C=O) groups excluding carboxylic acids is 1. The molecule has 0 saturated heterocycles. The van der Waals surface area contributed by atoms with Gasteiger partial charge in [0.1, 0.15) is 5.75 Å². The van der Waals surface area contributed by atoms with E-state index in [1.807, 2.05) is 12.1 Å². The van der Waals surface area contributed by atoms with Crippen LogP contribution in [0.1, 0.15) is 60.1 Å². The molecule has 0 heterocycles. The maximum atomic E-state index is 12.4. The molecule has 1 atom stereocenters. The van der Waals surface area contributed by atoms with Crippen LogP contribution in [0.15, 0.2) is 12.1 Å². The Bertz CT molecular complexity index is 494. The van der Waals surface area contributed by atoms with Crippen LogP contribution in [0.4, 0.5) is 0 Å². The smallest absolute Gasteiger partial charge is 0.163 e. The molecule has 0 amide bonds. The van der Waals surface area contributed by atoms with E-state index in [0.29, 0.717) is 12.5 Å². The largest absolute Gasteiger partial charge is 0.496 e. The first-order chi connectivity index (χ1) is 9.60. The number of Topliss-reactive ketones (excluding diaryl/α,β-unsaturated/α-hetero) is 1. The van der Waals surface area contributed by atoms with Gasteiger partial charge in [0, 0.05) is 18.0 Å². The standard InChI is InChI=1S/C17H25NO2/c1-5-7-15(19)12-10-11-16(20-4)13-8-6-9-14(17(12)13)18(2)3/h10-11,14H,5-9H2,1-4H3/t14-/m1/s1. The number of benzene rings is 1. The third kappa shape index (κ3) is 2.73. The lowest BCUT2D eigenvalue weighted by atomic mass is 9.82. The summed E-state index contributed by atoms with van der Waals surface area (Å²) in [6.45, 7) is 2.05. The van der Waals surface area contributed by atoms with Crippen molar-refractivity contribution in [2.45, 2.75) is 45.1 Å². The number of hydrogen-bond acceptors (Lipinski definition) is 3. The van der Waals surface area contributed by atoms with E-state index in [1.165, 1.54) is 11.1 Å². The Hall–Kier alpha value is -1.35. The second kappa shape index (κ2) is 6.40. The molecule has 0 saturated carbocycles. The summed E-state index contributed by atoms with van der Waals surface area (Å²) in [4.78, 5) is 14.6. The summed E-state index contributed by atoms with van der Waals surface area (Å²) < 4.78 is 5.51. The van der Waals surface area contributed by atoms with Gasteiger partial charge in [0.05, 0.1) is 7.11 Å². The molecule has 2 rings (SSSR count). The molecule has 3 heteroatoms. The van der Waals surface area contributed by atoms with Gasteiger partial charge in [-0.05, 0) is 63.0 Å². The summed E-state index contributed by atoms with van der Waals surface area (Å²) in [6, 6.07) is 4.24. The topological polar surface area (TPSA) is 29.5 Å². The van der Waals surface area contributed by atoms with Crippen molar-refractivity contribution < 1.29 is 9.53 Å². The van der Waals surface area contributed by atoms with Crippen LogP contribution in [0, 0.1) is 0 Å². The molecule has 3 nitrogen and oxygen atoms in total. The van der Waals surface area contributed by atoms with Gasteiger partial charge >= 0.3 is 0 Å². The zero-order valence-corrected chi connectivity index (χ0v) is 13.0. The third-order valence-electron chi connectivity index (χ3n) is 4.17. The Morgan fingerprint density at radius 2 is 2.15 bits per heavy atom. The van der Waals surface area contributed by atoms with Crippen molar-refractivity contribution in [3.8, 4) is 5.75 Å². The SMILES string of the molecule is CCCC(=O)c1ccc(OC)c2c1[C@H](N(C)C)CCC2. The van der Waals surface area contributed by atoms with Gasteiger partial charge in [0.25, 0.3) is 0 Å². The minimum absolute atomic E-state index is 0.264. The number of carbonyl (C=O) groups is 1. The zero-order chi connectivity index (χ0) is 14.7. The fourth-order valence-electron chi connectivity index (χ4n) is 3.21. The maximum Gasteiger partial charge on any atom is 0.163 e. The van der Waals surface area contributed by atoms with E-state index in [0.717, 1.165) is 37.0 Å². The van der Waals surface area contributed by atoms with Crippen molar-refractivity contribution in [1.82, 2.24) is 4.90 Å². The molecule has 0 fully saturated rings. The highest BCUT2D eigenvalue weighted by atomic mass is 16.5. The minimum Gasteiger partial charge on any atom is -0.496 e. The van der Waals surface area contributed by atoms with Crippen molar-refractivity contribution in [2.75, 3.05) is 21.2 Å². The van der Waals surface area contributed by atoms with Crippen LogP contribution in [0.2, 0.25) is 0 Å². The molecule has 0 aromatic heterocycles. The summed E-state index contributed by atoms with van der Waals surface area (Å²) in [7, 11) is 5.89. The Morgan fingerprint density at radius 1 is 1.40 bits per heavy atom. The van der Waals surface area contributed by atoms with Crippen molar-refractivity contribution in [1.29, 1.82) is 0 Å². The predicted molar refractivity (Wildman–Crippen MR) is 81.6 cm³/mol. The van der Waals surface area contributed by atoms with E-state index in [-0.39, 0.29) is 5.78 Å². The average molecular weight is 275 g/mol. The molecule has 0 radical (unpaired) electrons. The van der Waals surface area contributed by atoms with E-state index in [1.54, 1.807) is 7.11 Å². The Kier molecular flexibility index (Phi) is 4.81. The highest BCUT2D eigenvalue weighted by Gasteiger charge is 2.29. The first-order valence-corrected chi connectivity index (χ1v) is 7.49. The highest BCUT2D eigenvalue weighted by molar-refractivity contribution is 5.98. The molecular formula is C17H25NO2. The van der Waals surface area contributed by atoms with Gasteiger partial charge in [-0.15, -0.1) is 0 Å². The van der Waals surface area contributed by atoms with Crippen LogP contribution in [0.25, 0.3) is 0 Å². The van der Waals surface area contributed by atoms with Crippen molar-refractivity contribution in [3.63, 3.8) is 0 Å². The first-order valence-electron chi connectivity index (χ1n) is 7.49. The first kappa shape index (κ1) is 15.0. The Morgan fingerprint density at radius 3 is 2.75 bits per heavy atom. The number of ketones is 1. The monoisotopic (exact) mass is 275 g/mol. The van der Waals surface area contributed by atoms with Crippen LogP contribution in [-0.2, 0) is 6.42 Å². The number of nitrogens with zero attached hydrogens (tertiary/aromatic N) is 1. The average Bonchev–Trinajstić information content (AvgIpc) is 2.45. The van der Waals surface area contributed by atoms with Crippen molar-refractivity contribution in [3.05, 3.63) is 28.8 Å². The highest BCUT2D eigenvalue weighted by Crippen LogP contribution is 2.40. The summed E-state index contributed by atoms with van der Waals surface area (Å²) in [5, 5.41) is 0. The van der Waals surface area contributed by atoms with Crippen molar-refractivity contribution in [2.24, 2.45) is 0 Å². The maximum absolute atomic E-state index is 12.4. The molecule has 0 unspecified atom stereocenters. The molecule has 0 bridgehead atoms. The zero-order valence-electron chi connectivity index (χ0n) is 13.0. The third-order valence-corrected chi connectivity index (χ3v) is 4.17. The van der Waals surface area contributed by atoms with Crippen LogP contribution in [0.3, 0.4) is 0 Å². The van der Waals surface area contributed by atoms with Gasteiger partial charge in [-0.25, -0.2) is 0 Å². The predicted octanol–water partition coefficient (Wildman–Crippen LogP) is 3.62. The minimum atomic E-state index is 0.264. The quantitative estimate of drug-likeness (QED) is 0.769. The summed E-state index contributed by atoms with van der Waals surface area (Å²) in [5.41, 5.74) is 3.35. The van der Waals surface area contributed by atoms with Crippen molar-refractivity contribution >= 4 is 5.78 Å². The molecule has 1 aliphatic carbocycles. The molecule has 0 aliphatic heterocycles. The molecule has 0 spiro atoms.